The highest BCUT2D eigenvalue weighted by molar-refractivity contribution is 7.71. The average molecular weight is 365 g/mol. The summed E-state index contributed by atoms with van der Waals surface area (Å²) in [6.07, 6.45) is 0. The van der Waals surface area contributed by atoms with E-state index in [0.717, 1.165) is 5.56 Å². The Labute approximate surface area is 151 Å². The molecule has 0 saturated carbocycles. The second-order valence-electron chi connectivity index (χ2n) is 5.36. The molecule has 5 nitrogen and oxygen atoms in total. The number of nitrogens with zero attached hydrogens (tertiary/aromatic N) is 1. The Kier molecular flexibility index (Phi) is 3.87. The molecule has 7 heteroatoms. The Hall–Kier alpha value is -2.90. The van der Waals surface area contributed by atoms with Gasteiger partial charge in [0.1, 0.15) is 5.65 Å². The minimum Gasteiger partial charge on any atom is -0.316 e. The molecule has 0 fully saturated rings. The Morgan fingerprint density at radius 1 is 1.08 bits per heavy atom. The molecular formula is C18H11N3O2S2. The van der Waals surface area contributed by atoms with Crippen molar-refractivity contribution < 1.29 is 4.79 Å². The van der Waals surface area contributed by atoms with Gasteiger partial charge in [0.15, 0.2) is 4.77 Å². The molecule has 3 aromatic heterocycles. The minimum atomic E-state index is -0.425. The Morgan fingerprint density at radius 3 is 2.60 bits per heavy atom. The number of aromatic nitrogens is 3. The van der Waals surface area contributed by atoms with Gasteiger partial charge in [0.05, 0.1) is 16.0 Å². The van der Waals surface area contributed by atoms with Gasteiger partial charge in [-0.05, 0) is 29.7 Å². The number of fused-ring (bicyclic) bond motifs is 1. The van der Waals surface area contributed by atoms with Gasteiger partial charge in [-0.3, -0.25) is 14.6 Å². The lowest BCUT2D eigenvalue weighted by Gasteiger charge is -2.08. The molecule has 0 aliphatic rings. The van der Waals surface area contributed by atoms with Crippen molar-refractivity contribution in [3.63, 3.8) is 0 Å². The molecule has 4 rings (SSSR count). The first-order valence-electron chi connectivity index (χ1n) is 7.44. The lowest BCUT2D eigenvalue weighted by atomic mass is 10.0. The van der Waals surface area contributed by atoms with E-state index in [9.17, 15) is 9.59 Å². The molecule has 2 N–H and O–H groups in total. The zero-order chi connectivity index (χ0) is 17.4. The minimum absolute atomic E-state index is 0.171. The maximum absolute atomic E-state index is 12.9. The van der Waals surface area contributed by atoms with Crippen LogP contribution in [0.1, 0.15) is 15.2 Å². The van der Waals surface area contributed by atoms with Gasteiger partial charge in [0.25, 0.3) is 5.56 Å². The molecule has 3 heterocycles. The predicted octanol–water partition coefficient (Wildman–Crippen LogP) is 3.94. The van der Waals surface area contributed by atoms with Crippen molar-refractivity contribution in [2.75, 3.05) is 0 Å². The third kappa shape index (κ3) is 2.84. The van der Waals surface area contributed by atoms with Gasteiger partial charge in [-0.2, -0.15) is 0 Å². The quantitative estimate of drug-likeness (QED) is 0.426. The molecule has 0 unspecified atom stereocenters. The summed E-state index contributed by atoms with van der Waals surface area (Å²) in [5.74, 6) is -0.212. The van der Waals surface area contributed by atoms with Crippen molar-refractivity contribution >= 4 is 40.4 Å². The van der Waals surface area contributed by atoms with Crippen LogP contribution in [0.3, 0.4) is 0 Å². The van der Waals surface area contributed by atoms with Crippen LogP contribution >= 0.6 is 23.6 Å². The second kappa shape index (κ2) is 6.19. The molecule has 0 radical (unpaired) electrons. The number of H-pyrrole nitrogens is 2. The number of thiophene rings is 1. The lowest BCUT2D eigenvalue weighted by molar-refractivity contribution is 0.104. The van der Waals surface area contributed by atoms with Crippen LogP contribution in [0.15, 0.2) is 58.7 Å². The number of hydrogen-bond acceptors (Lipinski definition) is 5. The second-order valence-corrected chi connectivity index (χ2v) is 6.72. The van der Waals surface area contributed by atoms with Crippen molar-refractivity contribution in [1.82, 2.24) is 15.0 Å². The van der Waals surface area contributed by atoms with E-state index in [0.29, 0.717) is 21.8 Å². The zero-order valence-corrected chi connectivity index (χ0v) is 14.4. The standard InChI is InChI=1S/C18H11N3O2S2/c22-15(13-7-4-8-25-13)11-9-12(10-5-2-1-3-6-10)19-16-14(11)17(23)21-18(24)20-16/h1-9H,(H2,19,20,21,23,24). The van der Waals surface area contributed by atoms with Gasteiger partial charge in [-0.1, -0.05) is 36.4 Å². The number of ketones is 1. The first-order valence-corrected chi connectivity index (χ1v) is 8.73. The van der Waals surface area contributed by atoms with E-state index in [4.69, 9.17) is 12.2 Å². The summed E-state index contributed by atoms with van der Waals surface area (Å²) in [6, 6.07) is 14.7. The van der Waals surface area contributed by atoms with Crippen LogP contribution in [0, 0.1) is 4.77 Å². The fourth-order valence-corrected chi connectivity index (χ4v) is 3.51. The molecule has 0 spiro atoms. The highest BCUT2D eigenvalue weighted by Crippen LogP contribution is 2.25. The smallest absolute Gasteiger partial charge is 0.261 e. The van der Waals surface area contributed by atoms with Gasteiger partial charge in [-0.25, -0.2) is 4.98 Å². The fourth-order valence-electron chi connectivity index (χ4n) is 2.65. The zero-order valence-electron chi connectivity index (χ0n) is 12.8. The number of nitrogens with one attached hydrogen (secondary N) is 2. The number of pyridine rings is 1. The normalized spacial score (nSPS) is 10.9. The molecular weight excluding hydrogens is 354 g/mol. The lowest BCUT2D eigenvalue weighted by Crippen LogP contribution is -2.14. The maximum atomic E-state index is 12.9. The van der Waals surface area contributed by atoms with Gasteiger partial charge >= 0.3 is 0 Å². The van der Waals surface area contributed by atoms with Gasteiger partial charge < -0.3 is 4.98 Å². The van der Waals surface area contributed by atoms with Crippen molar-refractivity contribution in [3.8, 4) is 11.3 Å². The topological polar surface area (TPSA) is 78.6 Å². The van der Waals surface area contributed by atoms with Crippen LogP contribution in [-0.2, 0) is 0 Å². The van der Waals surface area contributed by atoms with E-state index in [1.807, 2.05) is 35.7 Å². The Morgan fingerprint density at radius 2 is 1.88 bits per heavy atom. The molecule has 0 aliphatic heterocycles. The van der Waals surface area contributed by atoms with Gasteiger partial charge in [-0.15, -0.1) is 11.3 Å². The Bertz CT molecular complexity index is 1190. The molecule has 1 aromatic carbocycles. The number of carbonyl (C=O) groups is 1. The van der Waals surface area contributed by atoms with Crippen LogP contribution in [-0.4, -0.2) is 20.7 Å². The van der Waals surface area contributed by atoms with Crippen LogP contribution in [0.5, 0.6) is 0 Å². The molecule has 0 saturated heterocycles. The molecule has 0 aliphatic carbocycles. The predicted molar refractivity (Wildman–Crippen MR) is 101 cm³/mol. The van der Waals surface area contributed by atoms with Crippen molar-refractivity contribution in [2.45, 2.75) is 0 Å². The molecule has 0 amide bonds. The monoisotopic (exact) mass is 365 g/mol. The van der Waals surface area contributed by atoms with E-state index in [1.54, 1.807) is 18.2 Å². The molecule has 0 atom stereocenters. The van der Waals surface area contributed by atoms with E-state index in [1.165, 1.54) is 11.3 Å². The summed E-state index contributed by atoms with van der Waals surface area (Å²) in [7, 11) is 0. The van der Waals surface area contributed by atoms with E-state index in [-0.39, 0.29) is 15.9 Å². The number of carbonyl (C=O) groups excluding carboxylic acids is 1. The summed E-state index contributed by atoms with van der Waals surface area (Å²) in [5, 5.41) is 2.04. The first-order chi connectivity index (χ1) is 12.1. The number of hydrogen-bond donors (Lipinski definition) is 2. The summed E-state index contributed by atoms with van der Waals surface area (Å²) < 4.78 is 0.171. The number of aromatic amines is 2. The van der Waals surface area contributed by atoms with Crippen LogP contribution < -0.4 is 5.56 Å². The third-order valence-electron chi connectivity index (χ3n) is 3.76. The number of rotatable bonds is 3. The number of benzene rings is 1. The first kappa shape index (κ1) is 15.6. The maximum Gasteiger partial charge on any atom is 0.261 e. The average Bonchev–Trinajstić information content (AvgIpc) is 3.15. The molecule has 4 aromatic rings. The highest BCUT2D eigenvalue weighted by atomic mass is 32.1. The van der Waals surface area contributed by atoms with E-state index < -0.39 is 5.56 Å². The summed E-state index contributed by atoms with van der Waals surface area (Å²) in [4.78, 5) is 35.8. The van der Waals surface area contributed by atoms with Gasteiger partial charge in [0.2, 0.25) is 5.78 Å². The van der Waals surface area contributed by atoms with Crippen LogP contribution in [0.2, 0.25) is 0 Å². The van der Waals surface area contributed by atoms with Crippen LogP contribution in [0.4, 0.5) is 0 Å². The van der Waals surface area contributed by atoms with Crippen LogP contribution in [0.25, 0.3) is 22.3 Å². The van der Waals surface area contributed by atoms with E-state index in [2.05, 4.69) is 15.0 Å². The van der Waals surface area contributed by atoms with Crippen molar-refractivity contribution in [2.24, 2.45) is 0 Å². The molecule has 25 heavy (non-hydrogen) atoms. The van der Waals surface area contributed by atoms with Crippen molar-refractivity contribution in [3.05, 3.63) is 79.5 Å². The molecule has 122 valence electrons. The van der Waals surface area contributed by atoms with E-state index >= 15 is 0 Å². The fraction of sp³-hybridized carbons (Fsp3) is 0. The third-order valence-corrected chi connectivity index (χ3v) is 4.84. The summed E-state index contributed by atoms with van der Waals surface area (Å²) in [5.41, 5.74) is 1.63. The SMILES string of the molecule is O=C(c1cccs1)c1cc(-c2ccccc2)nc2[nH]c(=S)[nH]c(=O)c12. The molecule has 0 bridgehead atoms. The largest absolute Gasteiger partial charge is 0.316 e. The van der Waals surface area contributed by atoms with Gasteiger partial charge in [0, 0.05) is 11.1 Å². The Balaban J connectivity index is 2.07. The summed E-state index contributed by atoms with van der Waals surface area (Å²) in [6.45, 7) is 0. The highest BCUT2D eigenvalue weighted by Gasteiger charge is 2.19. The van der Waals surface area contributed by atoms with Crippen molar-refractivity contribution in [1.29, 1.82) is 0 Å². The summed E-state index contributed by atoms with van der Waals surface area (Å²) >= 11 is 6.37.